The largest absolute Gasteiger partial charge is 0.396 e. The molecule has 0 unspecified atom stereocenters. The highest BCUT2D eigenvalue weighted by Crippen LogP contribution is 2.40. The number of benzene rings is 1. The molecule has 0 saturated carbocycles. The topological polar surface area (TPSA) is 62.5 Å². The summed E-state index contributed by atoms with van der Waals surface area (Å²) < 4.78 is 0. The Labute approximate surface area is 154 Å². The van der Waals surface area contributed by atoms with Gasteiger partial charge in [0.25, 0.3) is 0 Å². The van der Waals surface area contributed by atoms with E-state index < -0.39 is 0 Å². The third kappa shape index (κ3) is 2.91. The van der Waals surface area contributed by atoms with Crippen LogP contribution in [-0.2, 0) is 11.2 Å². The number of piperidine rings is 1. The number of likely N-dealkylation sites (tertiary alicyclic amines) is 1. The van der Waals surface area contributed by atoms with Crippen molar-refractivity contribution in [1.29, 1.82) is 0 Å². The molecule has 4 rings (SSSR count). The van der Waals surface area contributed by atoms with Crippen molar-refractivity contribution in [3.8, 4) is 0 Å². The molecule has 0 spiro atoms. The van der Waals surface area contributed by atoms with Crippen molar-refractivity contribution in [2.24, 2.45) is 11.8 Å². The SMILES string of the molecule is C[C@@H]1C[C@H](C)CN(C(=O)[C@@H]2Cc3ccccc3N2c2ncccc2N)C1. The molecule has 1 saturated heterocycles. The Hall–Kier alpha value is -2.56. The molecule has 136 valence electrons. The van der Waals surface area contributed by atoms with Crippen molar-refractivity contribution < 1.29 is 4.79 Å². The number of carbonyl (C=O) groups excluding carboxylic acids is 1. The van der Waals surface area contributed by atoms with E-state index in [-0.39, 0.29) is 11.9 Å². The molecule has 0 bridgehead atoms. The van der Waals surface area contributed by atoms with Crippen molar-refractivity contribution in [3.05, 3.63) is 48.2 Å². The second-order valence-electron chi connectivity index (χ2n) is 7.82. The number of aromatic nitrogens is 1. The smallest absolute Gasteiger partial charge is 0.246 e. The van der Waals surface area contributed by atoms with E-state index in [2.05, 4.69) is 31.0 Å². The number of para-hydroxylation sites is 1. The first-order valence-corrected chi connectivity index (χ1v) is 9.41. The normalized spacial score (nSPS) is 25.2. The van der Waals surface area contributed by atoms with Crippen LogP contribution in [0.5, 0.6) is 0 Å². The van der Waals surface area contributed by atoms with Crippen LogP contribution in [0.1, 0.15) is 25.8 Å². The highest BCUT2D eigenvalue weighted by molar-refractivity contribution is 5.92. The summed E-state index contributed by atoms with van der Waals surface area (Å²) in [6.07, 6.45) is 3.62. The van der Waals surface area contributed by atoms with Gasteiger partial charge in [0.15, 0.2) is 5.82 Å². The maximum Gasteiger partial charge on any atom is 0.246 e. The summed E-state index contributed by atoms with van der Waals surface area (Å²) in [5, 5.41) is 0. The molecule has 5 heteroatoms. The Kier molecular flexibility index (Phi) is 4.31. The number of nitrogens with two attached hydrogens (primary N) is 1. The fraction of sp³-hybridized carbons (Fsp3) is 0.429. The van der Waals surface area contributed by atoms with E-state index in [1.54, 1.807) is 6.20 Å². The maximum absolute atomic E-state index is 13.5. The van der Waals surface area contributed by atoms with Crippen LogP contribution < -0.4 is 10.6 Å². The second kappa shape index (κ2) is 6.63. The lowest BCUT2D eigenvalue weighted by Crippen LogP contribution is -2.51. The van der Waals surface area contributed by atoms with Gasteiger partial charge in [-0.25, -0.2) is 4.98 Å². The maximum atomic E-state index is 13.5. The number of hydrogen-bond donors (Lipinski definition) is 1. The third-order valence-electron chi connectivity index (χ3n) is 5.49. The number of fused-ring (bicyclic) bond motifs is 1. The molecule has 1 aromatic carbocycles. The second-order valence-corrected chi connectivity index (χ2v) is 7.82. The van der Waals surface area contributed by atoms with Gasteiger partial charge in [0.2, 0.25) is 5.91 Å². The van der Waals surface area contributed by atoms with Gasteiger partial charge < -0.3 is 15.5 Å². The van der Waals surface area contributed by atoms with E-state index in [1.807, 2.05) is 34.1 Å². The molecule has 0 aliphatic carbocycles. The summed E-state index contributed by atoms with van der Waals surface area (Å²) in [4.78, 5) is 22.0. The minimum absolute atomic E-state index is 0.185. The summed E-state index contributed by atoms with van der Waals surface area (Å²) in [5.74, 6) is 1.94. The van der Waals surface area contributed by atoms with Crippen LogP contribution in [-0.4, -0.2) is 34.9 Å². The third-order valence-corrected chi connectivity index (χ3v) is 5.49. The van der Waals surface area contributed by atoms with E-state index in [0.29, 0.717) is 29.8 Å². The highest BCUT2D eigenvalue weighted by atomic mass is 16.2. The van der Waals surface area contributed by atoms with Crippen LogP contribution >= 0.6 is 0 Å². The molecule has 0 radical (unpaired) electrons. The van der Waals surface area contributed by atoms with E-state index >= 15 is 0 Å². The van der Waals surface area contributed by atoms with Crippen molar-refractivity contribution in [2.45, 2.75) is 32.7 Å². The molecule has 3 heterocycles. The first kappa shape index (κ1) is 16.9. The van der Waals surface area contributed by atoms with Gasteiger partial charge in [-0.1, -0.05) is 32.0 Å². The van der Waals surface area contributed by atoms with Crippen LogP contribution in [0.15, 0.2) is 42.6 Å². The summed E-state index contributed by atoms with van der Waals surface area (Å²) in [5.41, 5.74) is 9.02. The number of nitrogens with zero attached hydrogens (tertiary/aromatic N) is 3. The lowest BCUT2D eigenvalue weighted by atomic mass is 9.91. The first-order valence-electron chi connectivity index (χ1n) is 9.41. The molecular formula is C21H26N4O. The molecule has 1 fully saturated rings. The van der Waals surface area contributed by atoms with Crippen molar-refractivity contribution in [3.63, 3.8) is 0 Å². The molecule has 26 heavy (non-hydrogen) atoms. The summed E-state index contributed by atoms with van der Waals surface area (Å²) >= 11 is 0. The van der Waals surface area contributed by atoms with Crippen molar-refractivity contribution in [1.82, 2.24) is 9.88 Å². The zero-order valence-corrected chi connectivity index (χ0v) is 15.4. The number of rotatable bonds is 2. The fourth-order valence-corrected chi connectivity index (χ4v) is 4.51. The molecule has 2 aliphatic rings. The van der Waals surface area contributed by atoms with Gasteiger partial charge in [0, 0.05) is 31.4 Å². The average Bonchev–Trinajstić information content (AvgIpc) is 3.00. The molecule has 1 amide bonds. The van der Waals surface area contributed by atoms with Crippen molar-refractivity contribution >= 4 is 23.1 Å². The van der Waals surface area contributed by atoms with E-state index in [9.17, 15) is 4.79 Å². The Morgan fingerprint density at radius 3 is 2.58 bits per heavy atom. The monoisotopic (exact) mass is 350 g/mol. The zero-order chi connectivity index (χ0) is 18.3. The minimum Gasteiger partial charge on any atom is -0.396 e. The van der Waals surface area contributed by atoms with Gasteiger partial charge >= 0.3 is 0 Å². The minimum atomic E-state index is -0.276. The standard InChI is InChI=1S/C21H26N4O/c1-14-10-15(2)13-24(12-14)21(26)19-11-16-6-3-4-8-18(16)25(19)20-17(22)7-5-9-23-20/h3-9,14-15,19H,10-13,22H2,1-2H3/t14-,15+,19-/m0/s1. The van der Waals surface area contributed by atoms with Gasteiger partial charge in [-0.3, -0.25) is 4.79 Å². The van der Waals surface area contributed by atoms with Gasteiger partial charge in [0.1, 0.15) is 6.04 Å². The molecule has 5 nitrogen and oxygen atoms in total. The Morgan fingerprint density at radius 2 is 1.85 bits per heavy atom. The van der Waals surface area contributed by atoms with Gasteiger partial charge in [0.05, 0.1) is 5.69 Å². The fourth-order valence-electron chi connectivity index (χ4n) is 4.51. The van der Waals surface area contributed by atoms with Crippen molar-refractivity contribution in [2.75, 3.05) is 23.7 Å². The highest BCUT2D eigenvalue weighted by Gasteiger charge is 2.40. The predicted octanol–water partition coefficient (Wildman–Crippen LogP) is 3.23. The van der Waals surface area contributed by atoms with Crippen LogP contribution in [0.25, 0.3) is 0 Å². The van der Waals surface area contributed by atoms with Crippen LogP contribution in [0, 0.1) is 11.8 Å². The Balaban J connectivity index is 1.71. The Bertz CT molecular complexity index is 811. The lowest BCUT2D eigenvalue weighted by Gasteiger charge is -2.38. The summed E-state index contributed by atoms with van der Waals surface area (Å²) in [6, 6.07) is 11.6. The molecule has 2 N–H and O–H groups in total. The number of carbonyl (C=O) groups is 1. The number of nitrogen functional groups attached to an aromatic ring is 1. The molecule has 2 aliphatic heterocycles. The van der Waals surface area contributed by atoms with Crippen LogP contribution in [0.4, 0.5) is 17.2 Å². The number of anilines is 3. The molecule has 1 aromatic heterocycles. The predicted molar refractivity (Wildman–Crippen MR) is 104 cm³/mol. The molecule has 2 aromatic rings. The lowest BCUT2D eigenvalue weighted by molar-refractivity contribution is -0.135. The van der Waals surface area contributed by atoms with Gasteiger partial charge in [-0.2, -0.15) is 0 Å². The molecular weight excluding hydrogens is 324 g/mol. The Morgan fingerprint density at radius 1 is 1.12 bits per heavy atom. The van der Waals surface area contributed by atoms with Gasteiger partial charge in [-0.15, -0.1) is 0 Å². The zero-order valence-electron chi connectivity index (χ0n) is 15.4. The number of pyridine rings is 1. The summed E-state index contributed by atoms with van der Waals surface area (Å²) in [7, 11) is 0. The molecule has 3 atom stereocenters. The number of amides is 1. The van der Waals surface area contributed by atoms with E-state index in [1.165, 1.54) is 12.0 Å². The van der Waals surface area contributed by atoms with Gasteiger partial charge in [-0.05, 0) is 42.0 Å². The van der Waals surface area contributed by atoms with E-state index in [4.69, 9.17) is 5.73 Å². The number of hydrogen-bond acceptors (Lipinski definition) is 4. The summed E-state index contributed by atoms with van der Waals surface area (Å²) in [6.45, 7) is 6.13. The quantitative estimate of drug-likeness (QED) is 0.903. The van der Waals surface area contributed by atoms with E-state index in [0.717, 1.165) is 18.8 Å². The first-order chi connectivity index (χ1) is 12.5. The average molecular weight is 350 g/mol. The van der Waals surface area contributed by atoms with Crippen LogP contribution in [0.2, 0.25) is 0 Å². The van der Waals surface area contributed by atoms with Crippen LogP contribution in [0.3, 0.4) is 0 Å².